The molecule has 0 atom stereocenters. The van der Waals surface area contributed by atoms with Crippen molar-refractivity contribution in [1.82, 2.24) is 19.2 Å². The number of aromatic nitrogens is 2. The molecule has 5 nitrogen and oxygen atoms in total. The number of pyridine rings is 1. The molecular weight excluding hydrogens is 368 g/mol. The fourth-order valence-corrected chi connectivity index (χ4v) is 4.52. The molecule has 1 saturated heterocycles. The van der Waals surface area contributed by atoms with Crippen LogP contribution in [-0.4, -0.2) is 56.5 Å². The lowest BCUT2D eigenvalue weighted by Crippen LogP contribution is -2.48. The van der Waals surface area contributed by atoms with Crippen LogP contribution in [0.3, 0.4) is 0 Å². The van der Waals surface area contributed by atoms with Crippen LogP contribution in [0.5, 0.6) is 0 Å². The van der Waals surface area contributed by atoms with Crippen LogP contribution < -0.4 is 0 Å². The van der Waals surface area contributed by atoms with Gasteiger partial charge >= 0.3 is 0 Å². The van der Waals surface area contributed by atoms with Crippen LogP contribution >= 0.6 is 11.8 Å². The van der Waals surface area contributed by atoms with E-state index >= 15 is 0 Å². The molecule has 1 aliphatic heterocycles. The number of rotatable bonds is 5. The number of carbonyl (C=O) groups is 1. The Morgan fingerprint density at radius 2 is 1.82 bits per heavy atom. The molecule has 0 unspecified atom stereocenters. The molecule has 1 aliphatic rings. The van der Waals surface area contributed by atoms with Gasteiger partial charge in [-0.2, -0.15) is 0 Å². The molecule has 0 spiro atoms. The van der Waals surface area contributed by atoms with Crippen molar-refractivity contribution in [2.24, 2.45) is 0 Å². The summed E-state index contributed by atoms with van der Waals surface area (Å²) in [4.78, 5) is 23.2. The standard InChI is InChI=1S/C22H26N4OS/c1-17(2)28-20-8-4-3-7-19(20)22(27)25-13-11-24(12-14-25)15-18-16-26-10-6-5-9-21(26)23-18/h3-10,16-17H,11-15H2,1-2H3. The number of amides is 1. The van der Waals surface area contributed by atoms with Crippen molar-refractivity contribution in [3.05, 3.63) is 66.1 Å². The lowest BCUT2D eigenvalue weighted by atomic mass is 10.1. The molecule has 0 saturated carbocycles. The molecular formula is C22H26N4OS. The highest BCUT2D eigenvalue weighted by atomic mass is 32.2. The molecule has 2 aromatic heterocycles. The van der Waals surface area contributed by atoms with E-state index in [0.717, 1.165) is 54.5 Å². The fourth-order valence-electron chi connectivity index (χ4n) is 3.57. The Kier molecular flexibility index (Phi) is 5.69. The monoisotopic (exact) mass is 394 g/mol. The lowest BCUT2D eigenvalue weighted by molar-refractivity contribution is 0.0624. The molecule has 0 aliphatic carbocycles. The van der Waals surface area contributed by atoms with Crippen LogP contribution in [0.4, 0.5) is 0 Å². The Balaban J connectivity index is 1.38. The molecule has 1 amide bonds. The van der Waals surface area contributed by atoms with Gasteiger partial charge < -0.3 is 9.30 Å². The summed E-state index contributed by atoms with van der Waals surface area (Å²) in [7, 11) is 0. The normalized spacial score (nSPS) is 15.5. The highest BCUT2D eigenvalue weighted by Crippen LogP contribution is 2.27. The van der Waals surface area contributed by atoms with E-state index in [2.05, 4.69) is 40.4 Å². The average Bonchev–Trinajstić information content (AvgIpc) is 3.10. The molecule has 3 heterocycles. The molecule has 0 bridgehead atoms. The van der Waals surface area contributed by atoms with E-state index in [1.165, 1.54) is 0 Å². The number of piperazine rings is 1. The SMILES string of the molecule is CC(C)Sc1ccccc1C(=O)N1CCN(Cc2cn3ccccc3n2)CC1. The minimum atomic E-state index is 0.149. The minimum absolute atomic E-state index is 0.149. The number of nitrogens with zero attached hydrogens (tertiary/aromatic N) is 4. The summed E-state index contributed by atoms with van der Waals surface area (Å²) in [5, 5.41) is 0.455. The number of benzene rings is 1. The van der Waals surface area contributed by atoms with Crippen molar-refractivity contribution in [1.29, 1.82) is 0 Å². The molecule has 0 radical (unpaired) electrons. The third kappa shape index (κ3) is 4.23. The molecule has 1 fully saturated rings. The van der Waals surface area contributed by atoms with Crippen LogP contribution in [0.1, 0.15) is 29.9 Å². The first-order valence-corrected chi connectivity index (χ1v) is 10.7. The van der Waals surface area contributed by atoms with E-state index in [1.54, 1.807) is 11.8 Å². The Labute approximate surface area is 170 Å². The Hall–Kier alpha value is -2.31. The third-order valence-corrected chi connectivity index (χ3v) is 6.02. The number of hydrogen-bond donors (Lipinski definition) is 0. The van der Waals surface area contributed by atoms with Crippen molar-refractivity contribution in [3.8, 4) is 0 Å². The van der Waals surface area contributed by atoms with E-state index in [1.807, 2.05) is 47.5 Å². The summed E-state index contributed by atoms with van der Waals surface area (Å²) < 4.78 is 2.05. The molecule has 28 heavy (non-hydrogen) atoms. The zero-order valence-electron chi connectivity index (χ0n) is 16.4. The van der Waals surface area contributed by atoms with Gasteiger partial charge in [-0.25, -0.2) is 4.98 Å². The summed E-state index contributed by atoms with van der Waals surface area (Å²) in [6.07, 6.45) is 4.11. The minimum Gasteiger partial charge on any atom is -0.336 e. The first kappa shape index (κ1) is 19.0. The first-order chi connectivity index (χ1) is 13.6. The van der Waals surface area contributed by atoms with E-state index in [4.69, 9.17) is 0 Å². The van der Waals surface area contributed by atoms with E-state index in [-0.39, 0.29) is 5.91 Å². The molecule has 6 heteroatoms. The number of hydrogen-bond acceptors (Lipinski definition) is 4. The Morgan fingerprint density at radius 1 is 1.07 bits per heavy atom. The predicted octanol–water partition coefficient (Wildman–Crippen LogP) is 3.79. The highest BCUT2D eigenvalue weighted by Gasteiger charge is 2.24. The van der Waals surface area contributed by atoms with Crippen molar-refractivity contribution in [2.45, 2.75) is 30.5 Å². The van der Waals surface area contributed by atoms with Gasteiger partial charge in [0.1, 0.15) is 5.65 Å². The van der Waals surface area contributed by atoms with Crippen molar-refractivity contribution in [2.75, 3.05) is 26.2 Å². The lowest BCUT2D eigenvalue weighted by Gasteiger charge is -2.34. The first-order valence-electron chi connectivity index (χ1n) is 9.80. The van der Waals surface area contributed by atoms with Crippen LogP contribution in [0.25, 0.3) is 5.65 Å². The zero-order valence-corrected chi connectivity index (χ0v) is 17.2. The molecule has 3 aromatic rings. The van der Waals surface area contributed by atoms with Crippen molar-refractivity contribution in [3.63, 3.8) is 0 Å². The van der Waals surface area contributed by atoms with Gasteiger partial charge in [-0.3, -0.25) is 9.69 Å². The second kappa shape index (κ2) is 8.37. The number of imidazole rings is 1. The predicted molar refractivity (Wildman–Crippen MR) is 114 cm³/mol. The van der Waals surface area contributed by atoms with Crippen LogP contribution in [0.2, 0.25) is 0 Å². The maximum absolute atomic E-state index is 13.1. The summed E-state index contributed by atoms with van der Waals surface area (Å²) in [5.74, 6) is 0.149. The van der Waals surface area contributed by atoms with Gasteiger partial charge in [-0.1, -0.05) is 32.0 Å². The van der Waals surface area contributed by atoms with Gasteiger partial charge in [0.25, 0.3) is 5.91 Å². The largest absolute Gasteiger partial charge is 0.336 e. The van der Waals surface area contributed by atoms with Gasteiger partial charge in [0.15, 0.2) is 0 Å². The van der Waals surface area contributed by atoms with E-state index < -0.39 is 0 Å². The van der Waals surface area contributed by atoms with E-state index in [9.17, 15) is 4.79 Å². The topological polar surface area (TPSA) is 40.9 Å². The molecule has 4 rings (SSSR count). The van der Waals surface area contributed by atoms with E-state index in [0.29, 0.717) is 5.25 Å². The molecule has 0 N–H and O–H groups in total. The highest BCUT2D eigenvalue weighted by molar-refractivity contribution is 8.00. The van der Waals surface area contributed by atoms with Crippen LogP contribution in [-0.2, 0) is 6.54 Å². The fraction of sp³-hybridized carbons (Fsp3) is 0.364. The summed E-state index contributed by atoms with van der Waals surface area (Å²) in [5.41, 5.74) is 2.88. The number of carbonyl (C=O) groups excluding carboxylic acids is 1. The molecule has 1 aromatic carbocycles. The Bertz CT molecular complexity index is 927. The second-order valence-electron chi connectivity index (χ2n) is 7.43. The summed E-state index contributed by atoms with van der Waals surface area (Å²) in [6, 6.07) is 14.0. The smallest absolute Gasteiger partial charge is 0.255 e. The molecule has 146 valence electrons. The van der Waals surface area contributed by atoms with Crippen LogP contribution in [0.15, 0.2) is 59.8 Å². The summed E-state index contributed by atoms with van der Waals surface area (Å²) in [6.45, 7) is 8.40. The van der Waals surface area contributed by atoms with Gasteiger partial charge in [-0.05, 0) is 24.3 Å². The quantitative estimate of drug-likeness (QED) is 0.618. The van der Waals surface area contributed by atoms with Crippen molar-refractivity contribution < 1.29 is 4.79 Å². The number of thioether (sulfide) groups is 1. The van der Waals surface area contributed by atoms with Gasteiger partial charge in [-0.15, -0.1) is 11.8 Å². The van der Waals surface area contributed by atoms with Crippen LogP contribution in [0, 0.1) is 0 Å². The van der Waals surface area contributed by atoms with Crippen molar-refractivity contribution >= 4 is 23.3 Å². The third-order valence-electron chi connectivity index (χ3n) is 4.94. The average molecular weight is 395 g/mol. The van der Waals surface area contributed by atoms with Gasteiger partial charge in [0.2, 0.25) is 0 Å². The van der Waals surface area contributed by atoms with Gasteiger partial charge in [0.05, 0.1) is 11.3 Å². The number of fused-ring (bicyclic) bond motifs is 1. The summed E-state index contributed by atoms with van der Waals surface area (Å²) >= 11 is 1.75. The second-order valence-corrected chi connectivity index (χ2v) is 9.05. The Morgan fingerprint density at radius 3 is 2.57 bits per heavy atom. The zero-order chi connectivity index (χ0) is 19.5. The maximum atomic E-state index is 13.1. The van der Waals surface area contributed by atoms with Gasteiger partial charge in [0, 0.05) is 55.3 Å². The maximum Gasteiger partial charge on any atom is 0.255 e.